The summed E-state index contributed by atoms with van der Waals surface area (Å²) in [5.41, 5.74) is 6.86. The van der Waals surface area contributed by atoms with Crippen molar-refractivity contribution in [2.45, 2.75) is 26.4 Å². The molecule has 0 aliphatic heterocycles. The fraction of sp³-hybridized carbons (Fsp3) is 0.160. The number of hydrogen-bond donors (Lipinski definition) is 0. The molecule has 0 saturated heterocycles. The van der Waals surface area contributed by atoms with Crippen LogP contribution in [0, 0.1) is 13.0 Å². The van der Waals surface area contributed by atoms with Gasteiger partial charge in [-0.2, -0.15) is 35.9 Å². The van der Waals surface area contributed by atoms with E-state index in [0.29, 0.717) is 0 Å². The third kappa shape index (κ3) is 7.30. The number of rotatable bonds is 0. The van der Waals surface area contributed by atoms with Crippen molar-refractivity contribution < 1.29 is 51.0 Å². The van der Waals surface area contributed by atoms with E-state index < -0.39 is 0 Å². The zero-order valence-corrected chi connectivity index (χ0v) is 22.2. The van der Waals surface area contributed by atoms with Crippen LogP contribution >= 0.6 is 0 Å². The van der Waals surface area contributed by atoms with Crippen LogP contribution in [0.15, 0.2) is 78.9 Å². The van der Waals surface area contributed by atoms with Crippen molar-refractivity contribution in [2.75, 3.05) is 0 Å². The second-order valence-corrected chi connectivity index (χ2v) is 7.79. The van der Waals surface area contributed by atoms with E-state index in [1.807, 2.05) is 6.07 Å². The SMILES string of the molecule is C[SiH]C.Cc1cc2ccccc2[cH-]1.[Cl-].[Cl-].[Zr+4].[c-]1cccc2c1Cc1ccccc1-2. The number of aryl methyl sites for hydroxylation is 1. The first kappa shape index (κ1) is 27.9. The molecule has 0 nitrogen and oxygen atoms in total. The average molecular weight is 516 g/mol. The molecule has 0 amide bonds. The van der Waals surface area contributed by atoms with Crippen molar-refractivity contribution in [1.29, 1.82) is 0 Å². The minimum atomic E-state index is 0. The van der Waals surface area contributed by atoms with Crippen molar-refractivity contribution in [2.24, 2.45) is 0 Å². The number of halogens is 2. The van der Waals surface area contributed by atoms with E-state index in [-0.39, 0.29) is 51.0 Å². The molecule has 5 rings (SSSR count). The quantitative estimate of drug-likeness (QED) is 0.208. The molecule has 4 aromatic rings. The molecule has 0 atom stereocenters. The Morgan fingerprint density at radius 1 is 0.862 bits per heavy atom. The maximum Gasteiger partial charge on any atom is 4.00 e. The number of benzene rings is 3. The average Bonchev–Trinajstić information content (AvgIpc) is 3.22. The summed E-state index contributed by atoms with van der Waals surface area (Å²) in [6.45, 7) is 6.54. The van der Waals surface area contributed by atoms with Crippen LogP contribution in [0.25, 0.3) is 21.9 Å². The van der Waals surface area contributed by atoms with Gasteiger partial charge in [-0.15, -0.1) is 46.2 Å². The van der Waals surface area contributed by atoms with E-state index in [1.54, 1.807) is 0 Å². The van der Waals surface area contributed by atoms with Crippen molar-refractivity contribution in [3.63, 3.8) is 0 Å². The van der Waals surface area contributed by atoms with E-state index >= 15 is 0 Å². The summed E-state index contributed by atoms with van der Waals surface area (Å²) in [5.74, 6) is 0. The second-order valence-electron chi connectivity index (χ2n) is 6.64. The van der Waals surface area contributed by atoms with Crippen LogP contribution in [0.5, 0.6) is 0 Å². The van der Waals surface area contributed by atoms with E-state index in [2.05, 4.69) is 98.9 Å². The van der Waals surface area contributed by atoms with E-state index in [4.69, 9.17) is 0 Å². The minimum Gasteiger partial charge on any atom is -1.00 e. The van der Waals surface area contributed by atoms with Gasteiger partial charge >= 0.3 is 26.2 Å². The molecule has 0 spiro atoms. The Bertz CT molecular complexity index is 918. The van der Waals surface area contributed by atoms with E-state index in [9.17, 15) is 0 Å². The van der Waals surface area contributed by atoms with E-state index in [0.717, 1.165) is 15.9 Å². The smallest absolute Gasteiger partial charge is 1.00 e. The van der Waals surface area contributed by atoms with Gasteiger partial charge < -0.3 is 24.8 Å². The van der Waals surface area contributed by atoms with Crippen molar-refractivity contribution in [3.05, 3.63) is 102 Å². The monoisotopic (exact) mass is 513 g/mol. The predicted octanol–water partition coefficient (Wildman–Crippen LogP) is 0.450. The molecule has 1 aliphatic carbocycles. The molecule has 0 unspecified atom stereocenters. The van der Waals surface area contributed by atoms with Crippen LogP contribution in [-0.2, 0) is 32.6 Å². The molecule has 1 radical (unpaired) electrons. The van der Waals surface area contributed by atoms with Gasteiger partial charge in [0.1, 0.15) is 0 Å². The van der Waals surface area contributed by atoms with Gasteiger partial charge in [-0.25, -0.2) is 0 Å². The molecule has 147 valence electrons. The molecular formula is C25H25Cl2SiZr. The van der Waals surface area contributed by atoms with Crippen molar-refractivity contribution >= 4 is 20.3 Å². The first-order valence-corrected chi connectivity index (χ1v) is 11.5. The molecule has 0 bridgehead atoms. The fourth-order valence-electron chi connectivity index (χ4n) is 3.30. The third-order valence-electron chi connectivity index (χ3n) is 4.38. The molecule has 29 heavy (non-hydrogen) atoms. The molecule has 0 heterocycles. The van der Waals surface area contributed by atoms with Crippen LogP contribution < -0.4 is 24.8 Å². The largest absolute Gasteiger partial charge is 4.00 e. The van der Waals surface area contributed by atoms with Gasteiger partial charge in [-0.1, -0.05) is 61.5 Å². The zero-order valence-electron chi connectivity index (χ0n) is 17.0. The van der Waals surface area contributed by atoms with Gasteiger partial charge in [0.2, 0.25) is 0 Å². The normalized spacial score (nSPS) is 9.76. The van der Waals surface area contributed by atoms with Crippen molar-refractivity contribution in [3.8, 4) is 11.1 Å². The summed E-state index contributed by atoms with van der Waals surface area (Å²) in [6, 6.07) is 30.9. The maximum absolute atomic E-state index is 3.30. The van der Waals surface area contributed by atoms with Crippen LogP contribution in [0.3, 0.4) is 0 Å². The molecule has 0 aromatic heterocycles. The Morgan fingerprint density at radius 2 is 1.48 bits per heavy atom. The standard InChI is InChI=1S/C13H9.C10H9.C2H7Si.2ClH.Zr/c1-3-7-12-10(5-1)9-11-6-2-4-8-13(11)12;1-8-6-9-4-2-3-5-10(9)7-8;1-3-2;;;/h1-5,7-8H,9H2;2-7H,1H3;3H,1-2H3;2*1H;/q2*-1;;;;+4/p-2. The Kier molecular flexibility index (Phi) is 13.5. The topological polar surface area (TPSA) is 0 Å². The first-order valence-electron chi connectivity index (χ1n) is 9.17. The number of hydrogen-bond acceptors (Lipinski definition) is 0. The van der Waals surface area contributed by atoms with Gasteiger partial charge in [-0.05, 0) is 6.42 Å². The molecule has 1 aliphatic rings. The van der Waals surface area contributed by atoms with Gasteiger partial charge in [-0.3, -0.25) is 0 Å². The molecule has 4 heteroatoms. The Balaban J connectivity index is 0.000000446. The summed E-state index contributed by atoms with van der Waals surface area (Å²) in [6.07, 6.45) is 1.05. The Labute approximate surface area is 209 Å². The molecule has 0 N–H and O–H groups in total. The summed E-state index contributed by atoms with van der Waals surface area (Å²) >= 11 is 0. The van der Waals surface area contributed by atoms with Gasteiger partial charge in [0, 0.05) is 9.52 Å². The molecular weight excluding hydrogens is 490 g/mol. The van der Waals surface area contributed by atoms with Gasteiger partial charge in [0.05, 0.1) is 0 Å². The second kappa shape index (κ2) is 14.0. The summed E-state index contributed by atoms with van der Waals surface area (Å²) in [5, 5.41) is 2.69. The van der Waals surface area contributed by atoms with Gasteiger partial charge in [0.25, 0.3) is 0 Å². The summed E-state index contributed by atoms with van der Waals surface area (Å²) < 4.78 is 0. The van der Waals surface area contributed by atoms with Crippen LogP contribution in [0.4, 0.5) is 0 Å². The zero-order chi connectivity index (χ0) is 18.4. The predicted molar refractivity (Wildman–Crippen MR) is 117 cm³/mol. The summed E-state index contributed by atoms with van der Waals surface area (Å²) in [7, 11) is 0.750. The van der Waals surface area contributed by atoms with Crippen LogP contribution in [0.1, 0.15) is 16.7 Å². The van der Waals surface area contributed by atoms with Crippen LogP contribution in [0.2, 0.25) is 13.1 Å². The molecule has 4 aromatic carbocycles. The molecule has 0 saturated carbocycles. The minimum absolute atomic E-state index is 0. The molecule has 0 fully saturated rings. The first-order chi connectivity index (χ1) is 12.7. The van der Waals surface area contributed by atoms with Crippen molar-refractivity contribution in [1.82, 2.24) is 0 Å². The number of fused-ring (bicyclic) bond motifs is 4. The maximum atomic E-state index is 3.30. The van der Waals surface area contributed by atoms with Crippen LogP contribution in [-0.4, -0.2) is 9.52 Å². The Hall–Kier alpha value is -1.05. The van der Waals surface area contributed by atoms with E-state index in [1.165, 1.54) is 38.6 Å². The summed E-state index contributed by atoms with van der Waals surface area (Å²) in [4.78, 5) is 0. The fourth-order valence-corrected chi connectivity index (χ4v) is 3.30. The third-order valence-corrected chi connectivity index (χ3v) is 4.38. The van der Waals surface area contributed by atoms with Gasteiger partial charge in [0.15, 0.2) is 0 Å². The Morgan fingerprint density at radius 3 is 2.21 bits per heavy atom.